The van der Waals surface area contributed by atoms with Gasteiger partial charge in [-0.1, -0.05) is 46.4 Å². The van der Waals surface area contributed by atoms with Crippen molar-refractivity contribution in [2.45, 2.75) is 0 Å². The van der Waals surface area contributed by atoms with Gasteiger partial charge in [0.2, 0.25) is 0 Å². The maximum absolute atomic E-state index is 6.02. The van der Waals surface area contributed by atoms with Gasteiger partial charge < -0.3 is 4.74 Å². The van der Waals surface area contributed by atoms with Crippen molar-refractivity contribution in [3.8, 4) is 16.9 Å². The third-order valence-electron chi connectivity index (χ3n) is 2.42. The molecule has 0 spiro atoms. The average molecular weight is 322 g/mol. The Morgan fingerprint density at radius 1 is 0.778 bits per heavy atom. The predicted octanol–water partition coefficient (Wildman–Crippen LogP) is 5.98. The van der Waals surface area contributed by atoms with E-state index < -0.39 is 0 Å². The molecule has 18 heavy (non-hydrogen) atoms. The molecule has 2 aromatic carbocycles. The van der Waals surface area contributed by atoms with Crippen LogP contribution in [0.2, 0.25) is 20.1 Å². The predicted molar refractivity (Wildman–Crippen MR) is 78.5 cm³/mol. The van der Waals surface area contributed by atoms with Gasteiger partial charge in [0, 0.05) is 5.02 Å². The molecule has 0 aliphatic carbocycles. The zero-order valence-electron chi connectivity index (χ0n) is 9.31. The van der Waals surface area contributed by atoms with Gasteiger partial charge in [0.15, 0.2) is 0 Å². The molecule has 0 unspecified atom stereocenters. The van der Waals surface area contributed by atoms with E-state index in [-0.39, 0.29) is 0 Å². The fourth-order valence-electron chi connectivity index (χ4n) is 1.57. The minimum absolute atomic E-state index is 0.344. The molecular weight excluding hydrogens is 314 g/mol. The summed E-state index contributed by atoms with van der Waals surface area (Å²) in [4.78, 5) is 0. The SMILES string of the molecule is COc1cc(Cl)cc(-c2cc(Cl)c(Cl)c(Cl)c2)c1. The highest BCUT2D eigenvalue weighted by Crippen LogP contribution is 2.36. The number of hydrogen-bond acceptors (Lipinski definition) is 1. The van der Waals surface area contributed by atoms with Crippen LogP contribution < -0.4 is 4.74 Å². The van der Waals surface area contributed by atoms with E-state index in [1.165, 1.54) is 0 Å². The summed E-state index contributed by atoms with van der Waals surface area (Å²) < 4.78 is 5.16. The molecule has 2 aromatic rings. The first kappa shape index (κ1) is 13.8. The Kier molecular flexibility index (Phi) is 4.29. The Hall–Kier alpha value is -0.600. The third kappa shape index (κ3) is 2.86. The smallest absolute Gasteiger partial charge is 0.120 e. The van der Waals surface area contributed by atoms with Gasteiger partial charge in [-0.25, -0.2) is 0 Å². The summed E-state index contributed by atoms with van der Waals surface area (Å²) in [5.41, 5.74) is 1.69. The zero-order chi connectivity index (χ0) is 13.3. The molecule has 2 rings (SSSR count). The summed E-state index contributed by atoms with van der Waals surface area (Å²) in [5, 5.41) is 1.72. The molecule has 0 radical (unpaired) electrons. The molecule has 0 N–H and O–H groups in total. The normalized spacial score (nSPS) is 10.5. The van der Waals surface area contributed by atoms with Crippen molar-refractivity contribution in [3.63, 3.8) is 0 Å². The summed E-state index contributed by atoms with van der Waals surface area (Å²) in [5.74, 6) is 0.666. The van der Waals surface area contributed by atoms with E-state index in [1.54, 1.807) is 31.4 Å². The highest BCUT2D eigenvalue weighted by Gasteiger charge is 2.09. The largest absolute Gasteiger partial charge is 0.497 e. The Balaban J connectivity index is 2.58. The molecule has 94 valence electrons. The van der Waals surface area contributed by atoms with E-state index in [0.29, 0.717) is 25.8 Å². The minimum Gasteiger partial charge on any atom is -0.497 e. The molecule has 0 heterocycles. The van der Waals surface area contributed by atoms with Crippen LogP contribution in [0.25, 0.3) is 11.1 Å². The molecule has 0 saturated carbocycles. The Bertz CT molecular complexity index is 573. The Morgan fingerprint density at radius 2 is 1.33 bits per heavy atom. The van der Waals surface area contributed by atoms with Crippen LogP contribution in [0.1, 0.15) is 0 Å². The van der Waals surface area contributed by atoms with Crippen LogP contribution in [-0.4, -0.2) is 7.11 Å². The summed E-state index contributed by atoms with van der Waals surface area (Å²) in [6, 6.07) is 8.85. The molecule has 0 aliphatic heterocycles. The van der Waals surface area contributed by atoms with Crippen LogP contribution >= 0.6 is 46.4 Å². The number of benzene rings is 2. The van der Waals surface area contributed by atoms with Crippen molar-refractivity contribution >= 4 is 46.4 Å². The van der Waals surface area contributed by atoms with Gasteiger partial charge in [-0.3, -0.25) is 0 Å². The van der Waals surface area contributed by atoms with Crippen LogP contribution in [0.5, 0.6) is 5.75 Å². The van der Waals surface area contributed by atoms with Gasteiger partial charge >= 0.3 is 0 Å². The van der Waals surface area contributed by atoms with E-state index in [2.05, 4.69) is 0 Å². The summed E-state index contributed by atoms with van der Waals surface area (Å²) in [6.45, 7) is 0. The summed E-state index contributed by atoms with van der Waals surface area (Å²) >= 11 is 23.9. The van der Waals surface area contributed by atoms with Gasteiger partial charge in [0.25, 0.3) is 0 Å². The van der Waals surface area contributed by atoms with Crippen molar-refractivity contribution in [1.29, 1.82) is 0 Å². The number of rotatable bonds is 2. The Morgan fingerprint density at radius 3 is 1.89 bits per heavy atom. The van der Waals surface area contributed by atoms with Crippen molar-refractivity contribution in [2.75, 3.05) is 7.11 Å². The Labute approximate surface area is 125 Å². The molecule has 0 fully saturated rings. The van der Waals surface area contributed by atoms with Crippen molar-refractivity contribution in [1.82, 2.24) is 0 Å². The van der Waals surface area contributed by atoms with E-state index in [4.69, 9.17) is 51.1 Å². The van der Waals surface area contributed by atoms with Gasteiger partial charge in [-0.05, 0) is 41.5 Å². The molecule has 0 aromatic heterocycles. The molecule has 0 aliphatic rings. The van der Waals surface area contributed by atoms with Crippen molar-refractivity contribution in [3.05, 3.63) is 50.4 Å². The molecule has 0 amide bonds. The second kappa shape index (κ2) is 5.58. The summed E-state index contributed by atoms with van der Waals surface area (Å²) in [6.07, 6.45) is 0. The first-order chi connectivity index (χ1) is 8.51. The fraction of sp³-hybridized carbons (Fsp3) is 0.0769. The maximum atomic E-state index is 6.02. The van der Waals surface area contributed by atoms with E-state index >= 15 is 0 Å². The third-order valence-corrected chi connectivity index (χ3v) is 3.84. The monoisotopic (exact) mass is 320 g/mol. The second-order valence-electron chi connectivity index (χ2n) is 3.63. The van der Waals surface area contributed by atoms with Crippen LogP contribution in [0, 0.1) is 0 Å². The van der Waals surface area contributed by atoms with Gasteiger partial charge in [-0.15, -0.1) is 0 Å². The van der Waals surface area contributed by atoms with Crippen LogP contribution in [0.3, 0.4) is 0 Å². The van der Waals surface area contributed by atoms with Crippen LogP contribution in [0.15, 0.2) is 30.3 Å². The fourth-order valence-corrected chi connectivity index (χ4v) is 2.39. The maximum Gasteiger partial charge on any atom is 0.120 e. The number of methoxy groups -OCH3 is 1. The van der Waals surface area contributed by atoms with Crippen molar-refractivity contribution in [2.24, 2.45) is 0 Å². The lowest BCUT2D eigenvalue weighted by molar-refractivity contribution is 0.415. The molecule has 0 atom stereocenters. The molecule has 5 heteroatoms. The van der Waals surface area contributed by atoms with Crippen LogP contribution in [0.4, 0.5) is 0 Å². The van der Waals surface area contributed by atoms with Crippen LogP contribution in [-0.2, 0) is 0 Å². The summed E-state index contributed by atoms with van der Waals surface area (Å²) in [7, 11) is 1.58. The van der Waals surface area contributed by atoms with E-state index in [9.17, 15) is 0 Å². The zero-order valence-corrected chi connectivity index (χ0v) is 12.3. The standard InChI is InChI=1S/C13H8Cl4O/c1-18-10-3-7(2-9(14)6-10)8-4-11(15)13(17)12(16)5-8/h2-6H,1H3. The minimum atomic E-state index is 0.344. The quantitative estimate of drug-likeness (QED) is 0.618. The van der Waals surface area contributed by atoms with Gasteiger partial charge in [0.1, 0.15) is 5.75 Å². The number of ether oxygens (including phenoxy) is 1. The lowest BCUT2D eigenvalue weighted by atomic mass is 10.1. The topological polar surface area (TPSA) is 9.23 Å². The van der Waals surface area contributed by atoms with E-state index in [1.807, 2.05) is 6.07 Å². The number of hydrogen-bond donors (Lipinski definition) is 0. The second-order valence-corrected chi connectivity index (χ2v) is 5.26. The lowest BCUT2D eigenvalue weighted by Gasteiger charge is -2.08. The van der Waals surface area contributed by atoms with Gasteiger partial charge in [-0.2, -0.15) is 0 Å². The molecule has 1 nitrogen and oxygen atoms in total. The van der Waals surface area contributed by atoms with E-state index in [0.717, 1.165) is 11.1 Å². The van der Waals surface area contributed by atoms with Crippen molar-refractivity contribution < 1.29 is 4.74 Å². The molecular formula is C13H8Cl4O. The number of halogens is 4. The average Bonchev–Trinajstić information content (AvgIpc) is 2.34. The lowest BCUT2D eigenvalue weighted by Crippen LogP contribution is -1.85. The first-order valence-electron chi connectivity index (χ1n) is 5.01. The van der Waals surface area contributed by atoms with Gasteiger partial charge in [0.05, 0.1) is 22.2 Å². The molecule has 0 saturated heterocycles. The highest BCUT2D eigenvalue weighted by molar-refractivity contribution is 6.48. The first-order valence-corrected chi connectivity index (χ1v) is 6.52. The highest BCUT2D eigenvalue weighted by atomic mass is 35.5. The molecule has 0 bridgehead atoms.